The zero-order chi connectivity index (χ0) is 19.4. The van der Waals surface area contributed by atoms with Gasteiger partial charge in [-0.2, -0.15) is 0 Å². The van der Waals surface area contributed by atoms with Crippen molar-refractivity contribution >= 4 is 17.9 Å². The van der Waals surface area contributed by atoms with Crippen LogP contribution < -0.4 is 0 Å². The predicted molar refractivity (Wildman–Crippen MR) is 88.9 cm³/mol. The maximum atomic E-state index is 12.3. The summed E-state index contributed by atoms with van der Waals surface area (Å²) in [6.07, 6.45) is -0.721. The smallest absolute Gasteiger partial charge is 0.420 e. The van der Waals surface area contributed by atoms with Crippen molar-refractivity contribution in [2.75, 3.05) is 0 Å². The molecule has 9 nitrogen and oxygen atoms in total. The van der Waals surface area contributed by atoms with Crippen molar-refractivity contribution in [2.24, 2.45) is 0 Å². The van der Waals surface area contributed by atoms with Crippen LogP contribution in [-0.4, -0.2) is 38.2 Å². The Morgan fingerprint density at radius 3 is 1.88 bits per heavy atom. The summed E-state index contributed by atoms with van der Waals surface area (Å²) in [5.74, 6) is 0. The highest BCUT2D eigenvalue weighted by molar-refractivity contribution is 5.88. The second-order valence-corrected chi connectivity index (χ2v) is 7.31. The van der Waals surface area contributed by atoms with E-state index in [-0.39, 0.29) is 17.9 Å². The first-order valence-electron chi connectivity index (χ1n) is 7.61. The van der Waals surface area contributed by atoms with Gasteiger partial charge in [0.2, 0.25) is 0 Å². The van der Waals surface area contributed by atoms with Gasteiger partial charge in [0.05, 0.1) is 17.2 Å². The van der Waals surface area contributed by atoms with Crippen LogP contribution in [0.4, 0.5) is 15.3 Å². The summed E-state index contributed by atoms with van der Waals surface area (Å²) in [5, 5.41) is 10.7. The fourth-order valence-electron chi connectivity index (χ4n) is 1.62. The van der Waals surface area contributed by atoms with Crippen molar-refractivity contribution in [3.8, 4) is 0 Å². The summed E-state index contributed by atoms with van der Waals surface area (Å²) in [5.41, 5.74) is -1.52. The van der Waals surface area contributed by atoms with Gasteiger partial charge < -0.3 is 9.47 Å². The van der Waals surface area contributed by atoms with Gasteiger partial charge in [-0.3, -0.25) is 15.1 Å². The van der Waals surface area contributed by atoms with E-state index in [1.54, 1.807) is 41.5 Å². The summed E-state index contributed by atoms with van der Waals surface area (Å²) in [7, 11) is 0. The highest BCUT2D eigenvalue weighted by Gasteiger charge is 2.31. The molecule has 0 bridgehead atoms. The first-order valence-corrected chi connectivity index (χ1v) is 7.61. The molecule has 0 atom stereocenters. The van der Waals surface area contributed by atoms with Gasteiger partial charge in [-0.25, -0.2) is 14.5 Å². The highest BCUT2D eigenvalue weighted by atomic mass is 16.6. The zero-order valence-corrected chi connectivity index (χ0v) is 15.2. The summed E-state index contributed by atoms with van der Waals surface area (Å²) < 4.78 is 10.4. The summed E-state index contributed by atoms with van der Waals surface area (Å²) >= 11 is 0. The number of nitro groups is 1. The van der Waals surface area contributed by atoms with Crippen LogP contribution in [0.25, 0.3) is 0 Å². The van der Waals surface area contributed by atoms with Crippen LogP contribution in [0.1, 0.15) is 47.2 Å². The molecular formula is C16H23N3O6. The van der Waals surface area contributed by atoms with Gasteiger partial charge >= 0.3 is 12.2 Å². The fraction of sp³-hybridized carbons (Fsp3) is 0.562. The van der Waals surface area contributed by atoms with E-state index in [0.29, 0.717) is 0 Å². The zero-order valence-electron chi connectivity index (χ0n) is 15.2. The SMILES string of the molecule is CC(C)(C)OC(=O)N(Cc1ccc([N+](=O)[O-])cn1)C(=O)OC(C)(C)C. The first-order chi connectivity index (χ1) is 11.3. The maximum absolute atomic E-state index is 12.3. The maximum Gasteiger partial charge on any atom is 0.420 e. The molecule has 0 saturated carbocycles. The minimum absolute atomic E-state index is 0.190. The first kappa shape index (κ1) is 20.3. The topological polar surface area (TPSA) is 112 Å². The Balaban J connectivity index is 3.02. The molecule has 0 saturated heterocycles. The van der Waals surface area contributed by atoms with Crippen molar-refractivity contribution in [3.63, 3.8) is 0 Å². The van der Waals surface area contributed by atoms with E-state index >= 15 is 0 Å². The van der Waals surface area contributed by atoms with Crippen LogP contribution >= 0.6 is 0 Å². The van der Waals surface area contributed by atoms with Gasteiger partial charge in [0.15, 0.2) is 0 Å². The van der Waals surface area contributed by atoms with Crippen molar-refractivity contribution in [3.05, 3.63) is 34.1 Å². The quantitative estimate of drug-likeness (QED) is 0.602. The summed E-state index contributed by atoms with van der Waals surface area (Å²) in [4.78, 5) is 39.4. The minimum Gasteiger partial charge on any atom is -0.443 e. The number of imide groups is 1. The highest BCUT2D eigenvalue weighted by Crippen LogP contribution is 2.17. The number of hydrogen-bond donors (Lipinski definition) is 0. The second kappa shape index (κ2) is 7.45. The summed E-state index contributed by atoms with van der Waals surface area (Å²) in [6, 6.07) is 2.60. The number of carbonyl (C=O) groups excluding carboxylic acids is 2. The van der Waals surface area contributed by atoms with Crippen molar-refractivity contribution in [2.45, 2.75) is 59.3 Å². The Hall–Kier alpha value is -2.71. The van der Waals surface area contributed by atoms with Crippen LogP contribution in [-0.2, 0) is 16.0 Å². The molecule has 0 aliphatic heterocycles. The van der Waals surface area contributed by atoms with Crippen molar-refractivity contribution < 1.29 is 24.0 Å². The lowest BCUT2D eigenvalue weighted by molar-refractivity contribution is -0.385. The molecule has 0 aliphatic carbocycles. The van der Waals surface area contributed by atoms with Gasteiger partial charge in [0, 0.05) is 6.07 Å². The third-order valence-electron chi connectivity index (χ3n) is 2.57. The molecule has 2 amide bonds. The van der Waals surface area contributed by atoms with Crippen LogP contribution in [0.2, 0.25) is 0 Å². The average molecular weight is 353 g/mol. The Bertz CT molecular complexity index is 615. The molecule has 1 aromatic rings. The van der Waals surface area contributed by atoms with E-state index in [0.717, 1.165) is 11.1 Å². The van der Waals surface area contributed by atoms with Gasteiger partial charge in [-0.15, -0.1) is 0 Å². The Morgan fingerprint density at radius 1 is 1.08 bits per heavy atom. The van der Waals surface area contributed by atoms with Crippen LogP contribution in [0, 0.1) is 10.1 Å². The fourth-order valence-corrected chi connectivity index (χ4v) is 1.62. The van der Waals surface area contributed by atoms with E-state index in [2.05, 4.69) is 4.98 Å². The number of amides is 2. The van der Waals surface area contributed by atoms with Gasteiger partial charge in [0.1, 0.15) is 17.4 Å². The molecule has 25 heavy (non-hydrogen) atoms. The molecule has 1 rings (SSSR count). The number of ether oxygens (including phenoxy) is 2. The molecule has 0 fully saturated rings. The van der Waals surface area contributed by atoms with Gasteiger partial charge in [0.25, 0.3) is 5.69 Å². The third-order valence-corrected chi connectivity index (χ3v) is 2.57. The Labute approximate surface area is 146 Å². The molecule has 1 aromatic heterocycles. The lowest BCUT2D eigenvalue weighted by Crippen LogP contribution is -2.43. The van der Waals surface area contributed by atoms with Gasteiger partial charge in [-0.05, 0) is 47.6 Å². The van der Waals surface area contributed by atoms with E-state index in [4.69, 9.17) is 9.47 Å². The Morgan fingerprint density at radius 2 is 1.56 bits per heavy atom. The molecule has 1 heterocycles. The number of aromatic nitrogens is 1. The minimum atomic E-state index is -0.887. The molecule has 138 valence electrons. The number of rotatable bonds is 3. The number of hydrogen-bond acceptors (Lipinski definition) is 7. The van der Waals surface area contributed by atoms with Crippen molar-refractivity contribution in [1.29, 1.82) is 0 Å². The number of nitrogens with zero attached hydrogens (tertiary/aromatic N) is 3. The van der Waals surface area contributed by atoms with Crippen molar-refractivity contribution in [1.82, 2.24) is 9.88 Å². The molecule has 0 aliphatic rings. The molecule has 9 heteroatoms. The Kier molecular flexibility index (Phi) is 6.06. The number of pyridine rings is 1. The molecule has 0 N–H and O–H groups in total. The molecule has 0 aromatic carbocycles. The molecule has 0 spiro atoms. The lowest BCUT2D eigenvalue weighted by Gasteiger charge is -2.28. The molecule has 0 unspecified atom stereocenters. The normalized spacial score (nSPS) is 11.6. The predicted octanol–water partition coefficient (Wildman–Crippen LogP) is 3.66. The third kappa shape index (κ3) is 7.15. The van der Waals surface area contributed by atoms with Crippen LogP contribution in [0.15, 0.2) is 18.3 Å². The lowest BCUT2D eigenvalue weighted by atomic mass is 10.2. The van der Waals surface area contributed by atoms with E-state index < -0.39 is 28.3 Å². The van der Waals surface area contributed by atoms with Crippen LogP contribution in [0.3, 0.4) is 0 Å². The van der Waals surface area contributed by atoms with Crippen LogP contribution in [0.5, 0.6) is 0 Å². The van der Waals surface area contributed by atoms with Gasteiger partial charge in [-0.1, -0.05) is 0 Å². The monoisotopic (exact) mass is 353 g/mol. The van der Waals surface area contributed by atoms with E-state index in [9.17, 15) is 19.7 Å². The molecular weight excluding hydrogens is 330 g/mol. The molecule has 0 radical (unpaired) electrons. The average Bonchev–Trinajstić information content (AvgIpc) is 2.41. The summed E-state index contributed by atoms with van der Waals surface area (Å²) in [6.45, 7) is 9.78. The second-order valence-electron chi connectivity index (χ2n) is 7.31. The van der Waals surface area contributed by atoms with E-state index in [1.165, 1.54) is 12.1 Å². The standard InChI is InChI=1S/C16H23N3O6/c1-15(2,3)24-13(20)18(14(21)25-16(4,5)6)10-11-7-8-12(9-17-11)19(22)23/h7-9H,10H2,1-6H3. The van der Waals surface area contributed by atoms with E-state index in [1.807, 2.05) is 0 Å². The number of carbonyl (C=O) groups is 2. The largest absolute Gasteiger partial charge is 0.443 e.